The number of carbonyl (C=O) groups excluding carboxylic acids is 1. The van der Waals surface area contributed by atoms with Gasteiger partial charge in [0.05, 0.1) is 0 Å². The molecular weight excluding hydrogens is 248 g/mol. The van der Waals surface area contributed by atoms with Crippen LogP contribution in [-0.4, -0.2) is 13.1 Å². The SMILES string of the molecule is O=CC=Cc1cc2c(cc1Br)OCO2. The van der Waals surface area contributed by atoms with E-state index < -0.39 is 0 Å². The van der Waals surface area contributed by atoms with Crippen molar-refractivity contribution in [2.75, 3.05) is 6.79 Å². The van der Waals surface area contributed by atoms with Crippen molar-refractivity contribution in [1.29, 1.82) is 0 Å². The third kappa shape index (κ3) is 1.65. The number of benzene rings is 1. The van der Waals surface area contributed by atoms with Gasteiger partial charge in [0.25, 0.3) is 0 Å². The predicted molar refractivity (Wildman–Crippen MR) is 55.4 cm³/mol. The number of aldehydes is 1. The number of ether oxygens (including phenoxy) is 2. The summed E-state index contributed by atoms with van der Waals surface area (Å²) in [6.07, 6.45) is 3.87. The molecule has 0 saturated carbocycles. The first-order valence-corrected chi connectivity index (χ1v) is 4.81. The molecule has 0 bridgehead atoms. The minimum Gasteiger partial charge on any atom is -0.454 e. The van der Waals surface area contributed by atoms with Gasteiger partial charge in [-0.25, -0.2) is 0 Å². The van der Waals surface area contributed by atoms with Crippen molar-refractivity contribution in [3.63, 3.8) is 0 Å². The van der Waals surface area contributed by atoms with E-state index in [4.69, 9.17) is 9.47 Å². The molecule has 0 spiro atoms. The lowest BCUT2D eigenvalue weighted by molar-refractivity contribution is -0.104. The molecule has 1 aromatic carbocycles. The Labute approximate surface area is 89.5 Å². The van der Waals surface area contributed by atoms with E-state index in [0.29, 0.717) is 5.75 Å². The average Bonchev–Trinajstić information content (AvgIpc) is 2.61. The fourth-order valence-corrected chi connectivity index (χ4v) is 1.66. The maximum Gasteiger partial charge on any atom is 0.231 e. The van der Waals surface area contributed by atoms with Gasteiger partial charge in [-0.2, -0.15) is 0 Å². The Morgan fingerprint density at radius 1 is 1.29 bits per heavy atom. The molecule has 0 atom stereocenters. The quantitative estimate of drug-likeness (QED) is 0.601. The molecule has 0 radical (unpaired) electrons. The van der Waals surface area contributed by atoms with Gasteiger partial charge in [0, 0.05) is 4.47 Å². The smallest absolute Gasteiger partial charge is 0.231 e. The van der Waals surface area contributed by atoms with E-state index >= 15 is 0 Å². The summed E-state index contributed by atoms with van der Waals surface area (Å²) in [5.74, 6) is 1.43. The second kappa shape index (κ2) is 3.84. The number of hydrogen-bond donors (Lipinski definition) is 0. The van der Waals surface area contributed by atoms with Crippen molar-refractivity contribution in [2.45, 2.75) is 0 Å². The number of fused-ring (bicyclic) bond motifs is 1. The van der Waals surface area contributed by atoms with Gasteiger partial charge in [-0.1, -0.05) is 22.0 Å². The minimum absolute atomic E-state index is 0.253. The Kier molecular flexibility index (Phi) is 2.54. The molecule has 0 aliphatic carbocycles. The fraction of sp³-hybridized carbons (Fsp3) is 0.100. The van der Waals surface area contributed by atoms with Crippen molar-refractivity contribution in [2.24, 2.45) is 0 Å². The molecule has 0 N–H and O–H groups in total. The van der Waals surface area contributed by atoms with Crippen LogP contribution in [-0.2, 0) is 4.79 Å². The first-order valence-electron chi connectivity index (χ1n) is 4.02. The monoisotopic (exact) mass is 254 g/mol. The van der Waals surface area contributed by atoms with Crippen molar-refractivity contribution in [1.82, 2.24) is 0 Å². The van der Waals surface area contributed by atoms with Crippen LogP contribution in [0.25, 0.3) is 6.08 Å². The maximum atomic E-state index is 10.2. The van der Waals surface area contributed by atoms with Gasteiger partial charge in [0.1, 0.15) is 6.29 Å². The third-order valence-electron chi connectivity index (χ3n) is 1.85. The zero-order chi connectivity index (χ0) is 9.97. The molecule has 0 unspecified atom stereocenters. The number of rotatable bonds is 2. The van der Waals surface area contributed by atoms with E-state index in [1.54, 1.807) is 6.08 Å². The molecule has 1 aromatic rings. The Bertz CT molecular complexity index is 399. The second-order valence-corrected chi connectivity index (χ2v) is 3.58. The van der Waals surface area contributed by atoms with Gasteiger partial charge in [-0.3, -0.25) is 4.79 Å². The summed E-state index contributed by atoms with van der Waals surface area (Å²) >= 11 is 3.38. The molecule has 72 valence electrons. The van der Waals surface area contributed by atoms with E-state index in [2.05, 4.69) is 15.9 Å². The van der Waals surface area contributed by atoms with Gasteiger partial charge in [-0.05, 0) is 23.8 Å². The highest BCUT2D eigenvalue weighted by atomic mass is 79.9. The summed E-state index contributed by atoms with van der Waals surface area (Å²) in [4.78, 5) is 10.2. The van der Waals surface area contributed by atoms with Gasteiger partial charge < -0.3 is 9.47 Å². The van der Waals surface area contributed by atoms with Crippen LogP contribution in [0.5, 0.6) is 11.5 Å². The zero-order valence-electron chi connectivity index (χ0n) is 7.20. The lowest BCUT2D eigenvalue weighted by Crippen LogP contribution is -1.92. The van der Waals surface area contributed by atoms with E-state index in [9.17, 15) is 4.79 Å². The van der Waals surface area contributed by atoms with Gasteiger partial charge in [-0.15, -0.1) is 0 Å². The Hall–Kier alpha value is -1.29. The molecular formula is C10H7BrO3. The van der Waals surface area contributed by atoms with Crippen LogP contribution in [0.4, 0.5) is 0 Å². The molecule has 14 heavy (non-hydrogen) atoms. The average molecular weight is 255 g/mol. The molecule has 1 aliphatic rings. The Morgan fingerprint density at radius 3 is 2.71 bits per heavy atom. The van der Waals surface area contributed by atoms with Crippen molar-refractivity contribution in [3.05, 3.63) is 28.2 Å². The Morgan fingerprint density at radius 2 is 2.00 bits per heavy atom. The summed E-state index contributed by atoms with van der Waals surface area (Å²) in [5.41, 5.74) is 0.890. The summed E-state index contributed by atoms with van der Waals surface area (Å²) in [6.45, 7) is 0.253. The highest BCUT2D eigenvalue weighted by Crippen LogP contribution is 2.37. The van der Waals surface area contributed by atoms with Gasteiger partial charge >= 0.3 is 0 Å². The predicted octanol–water partition coefficient (Wildman–Crippen LogP) is 2.39. The standard InChI is InChI=1S/C10H7BrO3/c11-8-5-10-9(13-6-14-10)4-7(8)2-1-3-12/h1-5H,6H2. The van der Waals surface area contributed by atoms with Gasteiger partial charge in [0.2, 0.25) is 6.79 Å². The normalized spacial score (nSPS) is 13.5. The topological polar surface area (TPSA) is 35.5 Å². The maximum absolute atomic E-state index is 10.2. The number of halogens is 1. The first kappa shape index (κ1) is 9.27. The molecule has 0 amide bonds. The first-order chi connectivity index (χ1) is 6.81. The number of allylic oxidation sites excluding steroid dienone is 1. The lowest BCUT2D eigenvalue weighted by atomic mass is 10.2. The molecule has 1 aliphatic heterocycles. The summed E-state index contributed by atoms with van der Waals surface area (Å²) in [5, 5.41) is 0. The summed E-state index contributed by atoms with van der Waals surface area (Å²) in [6, 6.07) is 3.65. The molecule has 3 nitrogen and oxygen atoms in total. The summed E-state index contributed by atoms with van der Waals surface area (Å²) in [7, 11) is 0. The number of hydrogen-bond acceptors (Lipinski definition) is 3. The molecule has 0 fully saturated rings. The van der Waals surface area contributed by atoms with Crippen molar-refractivity contribution in [3.8, 4) is 11.5 Å². The second-order valence-electron chi connectivity index (χ2n) is 2.72. The fourth-order valence-electron chi connectivity index (χ4n) is 1.20. The molecule has 0 saturated heterocycles. The highest BCUT2D eigenvalue weighted by Gasteiger charge is 2.14. The molecule has 1 heterocycles. The van der Waals surface area contributed by atoms with Gasteiger partial charge in [0.15, 0.2) is 11.5 Å². The minimum atomic E-state index is 0.253. The third-order valence-corrected chi connectivity index (χ3v) is 2.53. The van der Waals surface area contributed by atoms with Crippen LogP contribution in [0, 0.1) is 0 Å². The van der Waals surface area contributed by atoms with E-state index in [1.807, 2.05) is 12.1 Å². The lowest BCUT2D eigenvalue weighted by Gasteiger charge is -2.00. The number of carbonyl (C=O) groups is 1. The summed E-state index contributed by atoms with van der Waals surface area (Å²) < 4.78 is 11.3. The van der Waals surface area contributed by atoms with Crippen LogP contribution in [0.15, 0.2) is 22.7 Å². The highest BCUT2D eigenvalue weighted by molar-refractivity contribution is 9.10. The molecule has 2 rings (SSSR count). The zero-order valence-corrected chi connectivity index (χ0v) is 8.78. The largest absolute Gasteiger partial charge is 0.454 e. The van der Waals surface area contributed by atoms with E-state index in [0.717, 1.165) is 22.1 Å². The molecule has 0 aromatic heterocycles. The molecule has 4 heteroatoms. The van der Waals surface area contributed by atoms with Crippen LogP contribution < -0.4 is 9.47 Å². The van der Waals surface area contributed by atoms with Crippen LogP contribution >= 0.6 is 15.9 Å². The van der Waals surface area contributed by atoms with Crippen molar-refractivity contribution >= 4 is 28.3 Å². The van der Waals surface area contributed by atoms with Crippen molar-refractivity contribution < 1.29 is 14.3 Å². The van der Waals surface area contributed by atoms with E-state index in [1.165, 1.54) is 6.08 Å². The Balaban J connectivity index is 2.42. The van der Waals surface area contributed by atoms with Crippen LogP contribution in [0.1, 0.15) is 5.56 Å². The van der Waals surface area contributed by atoms with E-state index in [-0.39, 0.29) is 6.79 Å². The van der Waals surface area contributed by atoms with Crippen LogP contribution in [0.3, 0.4) is 0 Å². The van der Waals surface area contributed by atoms with Crippen LogP contribution in [0.2, 0.25) is 0 Å².